The van der Waals surface area contributed by atoms with Gasteiger partial charge >= 0.3 is 17.1 Å². The molecule has 0 atom stereocenters. The van der Waals surface area contributed by atoms with Crippen LogP contribution in [0, 0.1) is 0 Å². The molecule has 7 nitrogen and oxygen atoms in total. The fourth-order valence-electron chi connectivity index (χ4n) is 0. The van der Waals surface area contributed by atoms with E-state index in [0.29, 0.717) is 0 Å². The average molecular weight is 228 g/mol. The van der Waals surface area contributed by atoms with Crippen molar-refractivity contribution in [3.05, 3.63) is 0 Å². The first-order valence-corrected chi connectivity index (χ1v) is 3.84. The maximum atomic E-state index is 8.52. The normalized spacial score (nSPS) is 8.20. The van der Waals surface area contributed by atoms with Crippen molar-refractivity contribution in [1.82, 2.24) is 0 Å². The molecule has 0 aromatic heterocycles. The minimum atomic E-state index is -5.17. The zero-order valence-electron chi connectivity index (χ0n) is 4.12. The first kappa shape index (κ1) is 16.5. The van der Waals surface area contributed by atoms with Crippen molar-refractivity contribution in [2.24, 2.45) is 0 Å². The Morgan fingerprint density at radius 3 is 1.10 bits per heavy atom. The van der Waals surface area contributed by atoms with Gasteiger partial charge in [-0.3, -0.25) is 8.42 Å². The SMILES string of the molecule is O=S(=O)([O-])[O-].O=[Si]([O-])[O-].[Fe+3]. The van der Waals surface area contributed by atoms with Crippen LogP contribution < -0.4 is 9.59 Å². The average Bonchev–Trinajstić information content (AvgIpc) is 1.19. The van der Waals surface area contributed by atoms with Gasteiger partial charge in [-0.1, -0.05) is 0 Å². The molecule has 0 bridgehead atoms. The van der Waals surface area contributed by atoms with Crippen molar-refractivity contribution in [2.75, 3.05) is 0 Å². The van der Waals surface area contributed by atoms with Crippen LogP contribution >= 0.6 is 0 Å². The number of hydrogen-bond acceptors (Lipinski definition) is 7. The standard InChI is InChI=1S/Fe.H2O4S.O3Si/c;1-5(2,3)4;1-4(2)3/h;(H2,1,2,3,4);/q+3;;-2/p-2. The van der Waals surface area contributed by atoms with E-state index in [2.05, 4.69) is 0 Å². The molecular formula is FeO7SSi-. The van der Waals surface area contributed by atoms with E-state index in [0.717, 1.165) is 0 Å². The fraction of sp³-hybridized carbons (Fsp3) is 0. The molecule has 0 spiro atoms. The molecule has 0 aromatic carbocycles. The number of rotatable bonds is 0. The summed E-state index contributed by atoms with van der Waals surface area (Å²) in [6.07, 6.45) is 0. The molecule has 10 heavy (non-hydrogen) atoms. The van der Waals surface area contributed by atoms with E-state index in [4.69, 9.17) is 31.6 Å². The first-order valence-electron chi connectivity index (χ1n) is 1.28. The van der Waals surface area contributed by atoms with Crippen LogP contribution in [0.15, 0.2) is 0 Å². The predicted molar refractivity (Wildman–Crippen MR) is 16.9 cm³/mol. The monoisotopic (exact) mass is 228 g/mol. The summed E-state index contributed by atoms with van der Waals surface area (Å²) < 4.78 is 42.6. The van der Waals surface area contributed by atoms with Gasteiger partial charge < -0.3 is 23.2 Å². The molecule has 0 saturated heterocycles. The largest absolute Gasteiger partial charge is 3.00 e. The van der Waals surface area contributed by atoms with E-state index in [1.165, 1.54) is 0 Å². The molecule has 0 aromatic rings. The molecule has 0 aliphatic heterocycles. The van der Waals surface area contributed by atoms with Gasteiger partial charge in [0.15, 0.2) is 0 Å². The third-order valence-electron chi connectivity index (χ3n) is 0. The van der Waals surface area contributed by atoms with E-state index < -0.39 is 19.6 Å². The zero-order valence-corrected chi connectivity index (χ0v) is 7.04. The third kappa shape index (κ3) is 9710000. The molecule has 61 valence electrons. The molecule has 1 radical (unpaired) electrons. The Labute approximate surface area is 68.6 Å². The van der Waals surface area contributed by atoms with E-state index in [9.17, 15) is 0 Å². The topological polar surface area (TPSA) is 143 Å². The van der Waals surface area contributed by atoms with Gasteiger partial charge in [-0.2, -0.15) is 0 Å². The quantitative estimate of drug-likeness (QED) is 0.232. The molecular weight excluding hydrogens is 228 g/mol. The molecule has 0 rings (SSSR count). The maximum Gasteiger partial charge on any atom is 3.00 e. The molecule has 0 amide bonds. The second-order valence-electron chi connectivity index (χ2n) is 0.658. The minimum Gasteiger partial charge on any atom is -0.759 e. The third-order valence-corrected chi connectivity index (χ3v) is 0. The molecule has 0 aliphatic rings. The van der Waals surface area contributed by atoms with E-state index in [1.54, 1.807) is 0 Å². The first-order chi connectivity index (χ1) is 3.73. The Morgan fingerprint density at radius 2 is 1.10 bits per heavy atom. The van der Waals surface area contributed by atoms with Crippen LogP contribution in [0.25, 0.3) is 0 Å². The predicted octanol–water partition coefficient (Wildman–Crippen LogP) is -4.22. The van der Waals surface area contributed by atoms with Crippen LogP contribution in [0.5, 0.6) is 0 Å². The Kier molecular flexibility index (Phi) is 11.8. The minimum absolute atomic E-state index is 0. The van der Waals surface area contributed by atoms with E-state index in [1.807, 2.05) is 0 Å². The van der Waals surface area contributed by atoms with Crippen molar-refractivity contribution in [2.45, 2.75) is 0 Å². The van der Waals surface area contributed by atoms with E-state index in [-0.39, 0.29) is 17.1 Å². The van der Waals surface area contributed by atoms with Gasteiger partial charge in [0.2, 0.25) is 0 Å². The molecule has 0 saturated carbocycles. The van der Waals surface area contributed by atoms with Crippen LogP contribution in [0.1, 0.15) is 0 Å². The molecule has 0 N–H and O–H groups in total. The molecule has 10 heteroatoms. The molecule has 0 fully saturated rings. The van der Waals surface area contributed by atoms with Crippen LogP contribution in [-0.4, -0.2) is 26.7 Å². The Morgan fingerprint density at radius 1 is 1.10 bits per heavy atom. The summed E-state index contributed by atoms with van der Waals surface area (Å²) >= 11 is 0. The van der Waals surface area contributed by atoms with Crippen LogP contribution in [0.2, 0.25) is 0 Å². The summed E-state index contributed by atoms with van der Waals surface area (Å²) in [5.74, 6) is 0. The Hall–Kier alpha value is 0.00636. The summed E-state index contributed by atoms with van der Waals surface area (Å²) in [5, 5.41) is 0. The molecule has 0 aliphatic carbocycles. The van der Waals surface area contributed by atoms with E-state index >= 15 is 0 Å². The second-order valence-corrected chi connectivity index (χ2v) is 1.97. The number of hydrogen-bond donors (Lipinski definition) is 0. The van der Waals surface area contributed by atoms with Gasteiger partial charge in [0.05, 0.1) is 0 Å². The van der Waals surface area contributed by atoms with Crippen molar-refractivity contribution in [3.8, 4) is 0 Å². The maximum absolute atomic E-state index is 8.52. The summed E-state index contributed by atoms with van der Waals surface area (Å²) in [6.45, 7) is 0. The van der Waals surface area contributed by atoms with Gasteiger partial charge in [0, 0.05) is 19.6 Å². The zero-order chi connectivity index (χ0) is 8.08. The fourth-order valence-corrected chi connectivity index (χ4v) is 0. The van der Waals surface area contributed by atoms with Gasteiger partial charge in [-0.25, -0.2) is 0 Å². The molecule has 0 unspecified atom stereocenters. The van der Waals surface area contributed by atoms with Crippen molar-refractivity contribution in [1.29, 1.82) is 0 Å². The Bertz CT molecular complexity index is 156. The van der Waals surface area contributed by atoms with Crippen molar-refractivity contribution >= 4 is 19.6 Å². The van der Waals surface area contributed by atoms with Crippen LogP contribution in [0.3, 0.4) is 0 Å². The molecule has 0 heterocycles. The summed E-state index contributed by atoms with van der Waals surface area (Å²) in [6, 6.07) is 0. The van der Waals surface area contributed by atoms with Crippen molar-refractivity contribution in [3.63, 3.8) is 0 Å². The Balaban J connectivity index is -0.0000000910. The van der Waals surface area contributed by atoms with Crippen molar-refractivity contribution < 1.29 is 48.6 Å². The summed E-state index contributed by atoms with van der Waals surface area (Å²) in [4.78, 5) is 17.0. The van der Waals surface area contributed by atoms with Gasteiger partial charge in [0.25, 0.3) is 0 Å². The second kappa shape index (κ2) is 7.12. The van der Waals surface area contributed by atoms with Gasteiger partial charge in [-0.15, -0.1) is 0 Å². The van der Waals surface area contributed by atoms with Gasteiger partial charge in [-0.05, 0) is 0 Å². The summed E-state index contributed by atoms with van der Waals surface area (Å²) in [5.41, 5.74) is 0. The van der Waals surface area contributed by atoms with Gasteiger partial charge in [0.1, 0.15) is 0 Å². The van der Waals surface area contributed by atoms with Crippen LogP contribution in [-0.2, 0) is 31.9 Å². The summed E-state index contributed by atoms with van der Waals surface area (Å²) in [7, 11) is -8.80. The van der Waals surface area contributed by atoms with Crippen LogP contribution in [0.4, 0.5) is 0 Å². The smallest absolute Gasteiger partial charge is 0.759 e.